The molecule has 0 unspecified atom stereocenters. The van der Waals surface area contributed by atoms with Gasteiger partial charge in [-0.05, 0) is 62.6 Å². The van der Waals surface area contributed by atoms with Crippen molar-refractivity contribution in [1.82, 2.24) is 29.7 Å². The summed E-state index contributed by atoms with van der Waals surface area (Å²) in [6.07, 6.45) is 11.8. The van der Waals surface area contributed by atoms with E-state index >= 15 is 4.39 Å². The number of hydrogen-bond donors (Lipinski definition) is 0. The summed E-state index contributed by atoms with van der Waals surface area (Å²) in [6.45, 7) is 4.57. The van der Waals surface area contributed by atoms with Crippen molar-refractivity contribution in [3.8, 4) is 23.3 Å². The zero-order valence-corrected chi connectivity index (χ0v) is 31.8. The van der Waals surface area contributed by atoms with E-state index in [1.165, 1.54) is 0 Å². The van der Waals surface area contributed by atoms with Crippen molar-refractivity contribution in [2.75, 3.05) is 64.0 Å². The molecule has 1 saturated carbocycles. The van der Waals surface area contributed by atoms with E-state index in [4.69, 9.17) is 26.1 Å². The standard InChI is InChI=1S/C41H47ClF2N8O3/c42-33-8-2-7-31(35(33)26-5-1-6-26)37-36(44)38-32(20-46-37)39(48-40(47-38)55-25-41-13-4-15-50(41)21-27(43)19-41)49-17-18-52(28(22-49)12-14-45)34(53)9-3-16-51-29-10-11-30(51)24-54-23-29/h2-3,7-9,20,26-30H,1,4-6,10-13,15-19,21-25H2/b9-3+/t27-,28+,29-,30+,41+/m1/s1. The maximum Gasteiger partial charge on any atom is 0.319 e. The number of carbonyl (C=O) groups excluding carboxylic acids is 1. The van der Waals surface area contributed by atoms with Crippen LogP contribution in [0.3, 0.4) is 0 Å². The lowest BCUT2D eigenvalue weighted by Crippen LogP contribution is -2.55. The Morgan fingerprint density at radius 3 is 2.73 bits per heavy atom. The molecule has 6 fully saturated rings. The Morgan fingerprint density at radius 1 is 1.11 bits per heavy atom. The number of alkyl halides is 1. The first-order valence-electron chi connectivity index (χ1n) is 19.9. The van der Waals surface area contributed by atoms with Crippen LogP contribution in [-0.4, -0.2) is 124 Å². The number of morpholine rings is 1. The smallest absolute Gasteiger partial charge is 0.319 e. The van der Waals surface area contributed by atoms with Gasteiger partial charge in [-0.2, -0.15) is 15.2 Å². The van der Waals surface area contributed by atoms with Crippen LogP contribution in [0.15, 0.2) is 36.5 Å². The van der Waals surface area contributed by atoms with Crippen molar-refractivity contribution in [2.24, 2.45) is 0 Å². The van der Waals surface area contributed by atoms with Gasteiger partial charge in [0.25, 0.3) is 0 Å². The number of anilines is 1. The number of pyridine rings is 1. The van der Waals surface area contributed by atoms with E-state index in [0.717, 1.165) is 70.3 Å². The molecule has 6 aliphatic rings. The second kappa shape index (κ2) is 15.2. The number of ether oxygens (including phenoxy) is 2. The molecule has 0 radical (unpaired) electrons. The first-order chi connectivity index (χ1) is 26.8. The molecule has 7 heterocycles. The molecule has 55 heavy (non-hydrogen) atoms. The number of nitrogens with zero attached hydrogens (tertiary/aromatic N) is 8. The summed E-state index contributed by atoms with van der Waals surface area (Å²) >= 11 is 6.72. The highest BCUT2D eigenvalue weighted by Crippen LogP contribution is 2.46. The normalized spacial score (nSPS) is 28.5. The van der Waals surface area contributed by atoms with Gasteiger partial charge in [-0.3, -0.25) is 19.6 Å². The molecule has 1 aromatic carbocycles. The molecule has 2 bridgehead atoms. The van der Waals surface area contributed by atoms with Crippen LogP contribution in [0.4, 0.5) is 14.6 Å². The Morgan fingerprint density at radius 2 is 1.95 bits per heavy atom. The molecule has 5 aliphatic heterocycles. The van der Waals surface area contributed by atoms with Gasteiger partial charge in [0.1, 0.15) is 29.8 Å². The van der Waals surface area contributed by atoms with Crippen molar-refractivity contribution in [3.63, 3.8) is 0 Å². The fraction of sp³-hybridized carbons (Fsp3) is 0.585. The van der Waals surface area contributed by atoms with Gasteiger partial charge in [0.15, 0.2) is 5.82 Å². The number of halogens is 3. The highest BCUT2D eigenvalue weighted by Gasteiger charge is 2.49. The van der Waals surface area contributed by atoms with Gasteiger partial charge >= 0.3 is 6.01 Å². The molecule has 5 saturated heterocycles. The summed E-state index contributed by atoms with van der Waals surface area (Å²) in [5, 5.41) is 10.9. The molecule has 5 atom stereocenters. The minimum atomic E-state index is -0.925. The number of amides is 1. The van der Waals surface area contributed by atoms with Gasteiger partial charge < -0.3 is 19.3 Å². The number of piperazine rings is 1. The van der Waals surface area contributed by atoms with Crippen LogP contribution in [0.25, 0.3) is 22.2 Å². The van der Waals surface area contributed by atoms with Crippen molar-refractivity contribution in [1.29, 1.82) is 5.26 Å². The van der Waals surface area contributed by atoms with E-state index in [-0.39, 0.29) is 42.1 Å². The predicted octanol–water partition coefficient (Wildman–Crippen LogP) is 6.06. The van der Waals surface area contributed by atoms with E-state index in [2.05, 4.69) is 25.8 Å². The molecule has 1 aliphatic carbocycles. The summed E-state index contributed by atoms with van der Waals surface area (Å²) < 4.78 is 43.7. The molecule has 11 nitrogen and oxygen atoms in total. The SMILES string of the molecule is N#CC[C@H]1CN(c2nc(OC[C@@]34CCCN3C[C@H](F)C4)nc3c(F)c(-c4cccc(Cl)c4C4CCC4)ncc23)CCN1C(=O)/C=C/CN1[C@@H]2CC[C@H]1COC2. The molecular weight excluding hydrogens is 726 g/mol. The van der Waals surface area contributed by atoms with Crippen LogP contribution < -0.4 is 9.64 Å². The quantitative estimate of drug-likeness (QED) is 0.226. The molecule has 0 N–H and O–H groups in total. The molecule has 3 aromatic rings. The molecular formula is C41H47ClF2N8O3. The maximum absolute atomic E-state index is 17.0. The molecule has 1 amide bonds. The van der Waals surface area contributed by atoms with Crippen LogP contribution in [0, 0.1) is 17.1 Å². The van der Waals surface area contributed by atoms with Crippen molar-refractivity contribution >= 4 is 34.2 Å². The molecule has 9 rings (SSSR count). The topological polar surface area (TPSA) is 111 Å². The fourth-order valence-electron chi connectivity index (χ4n) is 10.0. The van der Waals surface area contributed by atoms with Crippen molar-refractivity contribution < 1.29 is 23.0 Å². The lowest BCUT2D eigenvalue weighted by Gasteiger charge is -2.41. The van der Waals surface area contributed by atoms with Gasteiger partial charge in [-0.15, -0.1) is 0 Å². The highest BCUT2D eigenvalue weighted by molar-refractivity contribution is 6.31. The average molecular weight is 773 g/mol. The van der Waals surface area contributed by atoms with Crippen molar-refractivity contribution in [3.05, 3.63) is 53.0 Å². The van der Waals surface area contributed by atoms with Gasteiger partial charge in [-0.1, -0.05) is 36.2 Å². The summed E-state index contributed by atoms with van der Waals surface area (Å²) in [7, 11) is 0. The zero-order valence-electron chi connectivity index (χ0n) is 31.0. The van der Waals surface area contributed by atoms with Gasteiger partial charge in [0, 0.05) is 74.1 Å². The third-order valence-corrected chi connectivity index (χ3v) is 13.4. The lowest BCUT2D eigenvalue weighted by atomic mass is 9.77. The Kier molecular flexibility index (Phi) is 10.1. The van der Waals surface area contributed by atoms with Gasteiger partial charge in [0.05, 0.1) is 42.7 Å². The first kappa shape index (κ1) is 36.7. The average Bonchev–Trinajstić information content (AvgIpc) is 3.76. The number of nitriles is 1. The van der Waals surface area contributed by atoms with E-state index in [0.29, 0.717) is 73.0 Å². The molecule has 14 heteroatoms. The lowest BCUT2D eigenvalue weighted by molar-refractivity contribution is -0.128. The number of aromatic nitrogens is 3. The summed E-state index contributed by atoms with van der Waals surface area (Å²) in [4.78, 5) is 36.1. The Bertz CT molecular complexity index is 2010. The minimum absolute atomic E-state index is 0.00254. The summed E-state index contributed by atoms with van der Waals surface area (Å²) in [6, 6.07) is 8.15. The largest absolute Gasteiger partial charge is 0.461 e. The highest BCUT2D eigenvalue weighted by atomic mass is 35.5. The first-order valence-corrected chi connectivity index (χ1v) is 20.3. The van der Waals surface area contributed by atoms with Crippen LogP contribution in [0.5, 0.6) is 6.01 Å². The van der Waals surface area contributed by atoms with Gasteiger partial charge in [0.2, 0.25) is 5.91 Å². The zero-order chi connectivity index (χ0) is 37.7. The number of rotatable bonds is 10. The van der Waals surface area contributed by atoms with Crippen LogP contribution in [-0.2, 0) is 9.53 Å². The molecule has 2 aromatic heterocycles. The van der Waals surface area contributed by atoms with E-state index in [9.17, 15) is 14.4 Å². The van der Waals surface area contributed by atoms with E-state index in [1.54, 1.807) is 17.2 Å². The monoisotopic (exact) mass is 772 g/mol. The Hall–Kier alpha value is -3.96. The van der Waals surface area contributed by atoms with Gasteiger partial charge in [-0.25, -0.2) is 8.78 Å². The minimum Gasteiger partial charge on any atom is -0.461 e. The van der Waals surface area contributed by atoms with Crippen LogP contribution in [0.2, 0.25) is 5.02 Å². The van der Waals surface area contributed by atoms with E-state index in [1.807, 2.05) is 29.2 Å². The number of benzene rings is 1. The molecule has 290 valence electrons. The molecule has 0 spiro atoms. The fourth-order valence-corrected chi connectivity index (χ4v) is 10.3. The van der Waals surface area contributed by atoms with Crippen LogP contribution in [0.1, 0.15) is 69.3 Å². The van der Waals surface area contributed by atoms with E-state index < -0.39 is 23.6 Å². The van der Waals surface area contributed by atoms with Crippen LogP contribution >= 0.6 is 11.6 Å². The Labute approximate surface area is 325 Å². The maximum atomic E-state index is 17.0. The second-order valence-corrected chi connectivity index (χ2v) is 16.6. The summed E-state index contributed by atoms with van der Waals surface area (Å²) in [5.41, 5.74) is 1.34. The second-order valence-electron chi connectivity index (χ2n) is 16.2. The third-order valence-electron chi connectivity index (χ3n) is 13.1. The third kappa shape index (κ3) is 6.83. The number of fused-ring (bicyclic) bond motifs is 4. The number of carbonyl (C=O) groups is 1. The Balaban J connectivity index is 1.02. The predicted molar refractivity (Wildman–Crippen MR) is 204 cm³/mol. The number of hydrogen-bond acceptors (Lipinski definition) is 10. The van der Waals surface area contributed by atoms with Crippen molar-refractivity contribution in [2.45, 2.75) is 93.5 Å². The summed E-state index contributed by atoms with van der Waals surface area (Å²) in [5.74, 6) is -0.0749.